The summed E-state index contributed by atoms with van der Waals surface area (Å²) in [7, 11) is 0. The van der Waals surface area contributed by atoms with E-state index >= 15 is 0 Å². The summed E-state index contributed by atoms with van der Waals surface area (Å²) in [5.74, 6) is 3.20. The summed E-state index contributed by atoms with van der Waals surface area (Å²) in [6, 6.07) is 33.7. The van der Waals surface area contributed by atoms with Crippen LogP contribution in [0.3, 0.4) is 0 Å². The van der Waals surface area contributed by atoms with Crippen molar-refractivity contribution in [3.05, 3.63) is 221 Å². The van der Waals surface area contributed by atoms with Gasteiger partial charge in [-0.15, -0.1) is 0 Å². The predicted molar refractivity (Wildman–Crippen MR) is 238 cm³/mol. The van der Waals surface area contributed by atoms with Crippen molar-refractivity contribution in [3.8, 4) is 22.6 Å². The molecular weight excluding hydrogens is 691 g/mol. The van der Waals surface area contributed by atoms with Crippen LogP contribution in [0, 0.1) is 23.7 Å². The zero-order valence-electron chi connectivity index (χ0n) is 33.3. The molecular formula is C55H49NO. The molecule has 0 radical (unpaired) electrons. The summed E-state index contributed by atoms with van der Waals surface area (Å²) in [5, 5.41) is 0. The van der Waals surface area contributed by atoms with Gasteiger partial charge in [0.05, 0.1) is 17.7 Å². The van der Waals surface area contributed by atoms with Gasteiger partial charge in [0.1, 0.15) is 11.5 Å². The molecule has 280 valence electrons. The Kier molecular flexibility index (Phi) is 8.63. The third-order valence-corrected chi connectivity index (χ3v) is 13.7. The molecule has 0 saturated heterocycles. The van der Waals surface area contributed by atoms with Crippen LogP contribution < -0.4 is 4.74 Å². The lowest BCUT2D eigenvalue weighted by atomic mass is 9.59. The fourth-order valence-electron chi connectivity index (χ4n) is 10.7. The summed E-state index contributed by atoms with van der Waals surface area (Å²) in [5.41, 5.74) is 14.7. The van der Waals surface area contributed by atoms with Crippen molar-refractivity contribution < 1.29 is 4.74 Å². The Labute approximate surface area is 338 Å². The number of hydrogen-bond donors (Lipinski definition) is 0. The van der Waals surface area contributed by atoms with E-state index < -0.39 is 5.41 Å². The molecule has 4 aromatic carbocycles. The number of aliphatic imine (C=N–C) groups is 1. The number of allylic oxidation sites excluding steroid dienone is 17. The van der Waals surface area contributed by atoms with Crippen LogP contribution in [0.2, 0.25) is 0 Å². The average Bonchev–Trinajstić information content (AvgIpc) is 3.48. The molecule has 2 heteroatoms. The van der Waals surface area contributed by atoms with Crippen molar-refractivity contribution in [2.45, 2.75) is 44.9 Å². The summed E-state index contributed by atoms with van der Waals surface area (Å²) in [6.45, 7) is 10.1. The number of ether oxygens (including phenoxy) is 1. The molecule has 2 nitrogen and oxygen atoms in total. The Balaban J connectivity index is 1.03. The predicted octanol–water partition coefficient (Wildman–Crippen LogP) is 13.4. The molecule has 5 unspecified atom stereocenters. The summed E-state index contributed by atoms with van der Waals surface area (Å²) >= 11 is 0. The molecule has 0 saturated carbocycles. The monoisotopic (exact) mass is 739 g/mol. The number of nitrogens with zero attached hydrogens (tertiary/aromatic N) is 1. The van der Waals surface area contributed by atoms with E-state index in [1.54, 1.807) is 0 Å². The number of rotatable bonds is 5. The van der Waals surface area contributed by atoms with Crippen molar-refractivity contribution in [2.75, 3.05) is 6.54 Å². The molecule has 6 aliphatic rings. The second-order valence-electron chi connectivity index (χ2n) is 16.9. The SMILES string of the molecule is C/C(=C1/C=CC=CC1=NCC1=CC=CCC1C)C1C=CC(c2ccccc2-c2ccc3c(c2)[C@]2(c4ccccc4O3)c3ccccc3C3(C)C=CC=CC32)=CC1C. The van der Waals surface area contributed by atoms with Crippen LogP contribution in [-0.4, -0.2) is 12.3 Å². The van der Waals surface area contributed by atoms with Crippen LogP contribution in [0.25, 0.3) is 16.7 Å². The van der Waals surface area contributed by atoms with Crippen LogP contribution in [0.4, 0.5) is 0 Å². The topological polar surface area (TPSA) is 21.6 Å². The van der Waals surface area contributed by atoms with E-state index in [4.69, 9.17) is 9.73 Å². The van der Waals surface area contributed by atoms with Gasteiger partial charge in [-0.2, -0.15) is 0 Å². The largest absolute Gasteiger partial charge is 0.457 e. The summed E-state index contributed by atoms with van der Waals surface area (Å²) in [4.78, 5) is 5.16. The van der Waals surface area contributed by atoms with Gasteiger partial charge in [0.15, 0.2) is 0 Å². The maximum absolute atomic E-state index is 6.79. The third-order valence-electron chi connectivity index (χ3n) is 13.7. The second kappa shape index (κ2) is 13.9. The van der Waals surface area contributed by atoms with Crippen molar-refractivity contribution in [1.82, 2.24) is 0 Å². The van der Waals surface area contributed by atoms with E-state index in [0.29, 0.717) is 11.8 Å². The lowest BCUT2D eigenvalue weighted by molar-refractivity contribution is 0.329. The van der Waals surface area contributed by atoms with Gasteiger partial charge in [-0.05, 0) is 94.0 Å². The standard InChI is InChI=1S/C55H49NO/c1-36-17-5-6-18-41(36)35-56-50-25-13-9-19-43(50)38(3)42-30-28-39(33-37(42)2)44-20-7-8-21-45(44)40-29-31-52-49(34-40)55(48-24-12-14-26-51(48)57-52)47-23-11-10-22-46(47)54(4)32-16-15-27-53(54)55/h5-16,18-34,36-37,42,53H,17,35H2,1-4H3/b43-38+,56-50?/t36?,37?,42?,53?,54?,55-/m1/s1. The van der Waals surface area contributed by atoms with Gasteiger partial charge < -0.3 is 4.74 Å². The van der Waals surface area contributed by atoms with Crippen molar-refractivity contribution in [1.29, 1.82) is 0 Å². The normalized spacial score (nSPS) is 29.0. The second-order valence-corrected chi connectivity index (χ2v) is 16.9. The van der Waals surface area contributed by atoms with Crippen LogP contribution in [0.1, 0.15) is 61.9 Å². The Morgan fingerprint density at radius 1 is 0.737 bits per heavy atom. The molecule has 4 aromatic rings. The molecule has 0 bridgehead atoms. The zero-order chi connectivity index (χ0) is 38.7. The highest BCUT2D eigenvalue weighted by molar-refractivity contribution is 6.12. The van der Waals surface area contributed by atoms with Crippen molar-refractivity contribution >= 4 is 11.3 Å². The molecule has 1 spiro atoms. The molecule has 10 rings (SSSR count). The van der Waals surface area contributed by atoms with E-state index in [-0.39, 0.29) is 17.3 Å². The van der Waals surface area contributed by atoms with Gasteiger partial charge >= 0.3 is 0 Å². The first-order chi connectivity index (χ1) is 27.9. The Morgan fingerprint density at radius 3 is 2.33 bits per heavy atom. The molecule has 0 N–H and O–H groups in total. The molecule has 0 aromatic heterocycles. The van der Waals surface area contributed by atoms with Gasteiger partial charge in [0.2, 0.25) is 0 Å². The summed E-state index contributed by atoms with van der Waals surface area (Å²) < 4.78 is 6.79. The van der Waals surface area contributed by atoms with E-state index in [1.807, 2.05) is 0 Å². The molecule has 0 fully saturated rings. The van der Waals surface area contributed by atoms with Gasteiger partial charge in [-0.1, -0.05) is 178 Å². The van der Waals surface area contributed by atoms with E-state index in [1.165, 1.54) is 61.2 Å². The van der Waals surface area contributed by atoms with E-state index in [9.17, 15) is 0 Å². The molecule has 1 heterocycles. The molecule has 0 amide bonds. The van der Waals surface area contributed by atoms with Gasteiger partial charge in [-0.3, -0.25) is 4.99 Å². The zero-order valence-corrected chi connectivity index (χ0v) is 33.3. The van der Waals surface area contributed by atoms with Crippen LogP contribution in [0.15, 0.2) is 198 Å². The first kappa shape index (κ1) is 35.4. The van der Waals surface area contributed by atoms with Crippen LogP contribution in [-0.2, 0) is 10.8 Å². The lowest BCUT2D eigenvalue weighted by Crippen LogP contribution is -2.42. The lowest BCUT2D eigenvalue weighted by Gasteiger charge is -2.45. The molecule has 1 aliphatic heterocycles. The fourth-order valence-corrected chi connectivity index (χ4v) is 10.7. The van der Waals surface area contributed by atoms with E-state index in [2.05, 4.69) is 204 Å². The Bertz CT molecular complexity index is 2630. The molecule has 5 aliphatic carbocycles. The number of hydrogen-bond acceptors (Lipinski definition) is 2. The highest BCUT2D eigenvalue weighted by atomic mass is 16.5. The fraction of sp³-hybridized carbons (Fsp3) is 0.218. The smallest absolute Gasteiger partial charge is 0.131 e. The van der Waals surface area contributed by atoms with Crippen molar-refractivity contribution in [3.63, 3.8) is 0 Å². The number of fused-ring (bicyclic) bond motifs is 9. The van der Waals surface area contributed by atoms with Crippen LogP contribution >= 0.6 is 0 Å². The molecule has 6 atom stereocenters. The number of benzene rings is 4. The van der Waals surface area contributed by atoms with Gasteiger partial charge in [-0.25, -0.2) is 0 Å². The maximum Gasteiger partial charge on any atom is 0.131 e. The minimum absolute atomic E-state index is 0.155. The first-order valence-corrected chi connectivity index (χ1v) is 20.7. The minimum atomic E-state index is -0.411. The van der Waals surface area contributed by atoms with Crippen molar-refractivity contribution in [2.24, 2.45) is 28.7 Å². The number of para-hydroxylation sites is 1. The first-order valence-electron chi connectivity index (χ1n) is 20.7. The third kappa shape index (κ3) is 5.56. The maximum atomic E-state index is 6.79. The average molecular weight is 740 g/mol. The van der Waals surface area contributed by atoms with Gasteiger partial charge in [0, 0.05) is 28.4 Å². The minimum Gasteiger partial charge on any atom is -0.457 e. The highest BCUT2D eigenvalue weighted by Gasteiger charge is 2.61. The Hall–Kier alpha value is -5.99. The highest BCUT2D eigenvalue weighted by Crippen LogP contribution is 2.66. The van der Waals surface area contributed by atoms with E-state index in [0.717, 1.165) is 30.2 Å². The Morgan fingerprint density at radius 2 is 1.49 bits per heavy atom. The van der Waals surface area contributed by atoms with Gasteiger partial charge in [0.25, 0.3) is 0 Å². The van der Waals surface area contributed by atoms with Crippen LogP contribution in [0.5, 0.6) is 11.5 Å². The molecule has 57 heavy (non-hydrogen) atoms. The summed E-state index contributed by atoms with van der Waals surface area (Å²) in [6.07, 6.45) is 33.0. The quantitative estimate of drug-likeness (QED) is 0.200.